The van der Waals surface area contributed by atoms with Gasteiger partial charge in [0.15, 0.2) is 0 Å². The van der Waals surface area contributed by atoms with Crippen molar-refractivity contribution >= 4 is 5.91 Å². The smallest absolute Gasteiger partial charge is 0.223 e. The standard InChI is InChI=1S/C12H22N2O2/c1-10(2)14-16-9-8-13-12(15)11-6-4-3-5-7-11/h11,14H,1,3-9H2,2H3,(H,13,15). The number of hydroxylamine groups is 1. The molecule has 4 heteroatoms. The number of rotatable bonds is 6. The van der Waals surface area contributed by atoms with Crippen LogP contribution in [0.3, 0.4) is 0 Å². The normalized spacial score (nSPS) is 16.8. The first-order chi connectivity index (χ1) is 7.70. The number of hydrogen-bond acceptors (Lipinski definition) is 3. The Morgan fingerprint density at radius 2 is 2.06 bits per heavy atom. The number of allylic oxidation sites excluding steroid dienone is 1. The van der Waals surface area contributed by atoms with E-state index in [4.69, 9.17) is 4.84 Å². The fourth-order valence-corrected chi connectivity index (χ4v) is 1.91. The molecule has 16 heavy (non-hydrogen) atoms. The number of hydrogen-bond donors (Lipinski definition) is 2. The molecule has 1 fully saturated rings. The van der Waals surface area contributed by atoms with Gasteiger partial charge in [-0.05, 0) is 19.8 Å². The summed E-state index contributed by atoms with van der Waals surface area (Å²) in [7, 11) is 0. The zero-order valence-corrected chi connectivity index (χ0v) is 10.1. The zero-order valence-electron chi connectivity index (χ0n) is 10.1. The monoisotopic (exact) mass is 226 g/mol. The molecule has 1 aliphatic rings. The van der Waals surface area contributed by atoms with E-state index in [0.29, 0.717) is 13.2 Å². The highest BCUT2D eigenvalue weighted by molar-refractivity contribution is 5.78. The fraction of sp³-hybridized carbons (Fsp3) is 0.750. The highest BCUT2D eigenvalue weighted by Crippen LogP contribution is 2.23. The van der Waals surface area contributed by atoms with E-state index in [1.165, 1.54) is 19.3 Å². The van der Waals surface area contributed by atoms with Crippen molar-refractivity contribution in [1.82, 2.24) is 10.8 Å². The maximum atomic E-state index is 11.7. The number of carbonyl (C=O) groups excluding carboxylic acids is 1. The molecule has 1 amide bonds. The van der Waals surface area contributed by atoms with E-state index >= 15 is 0 Å². The van der Waals surface area contributed by atoms with Gasteiger partial charge in [0.2, 0.25) is 5.91 Å². The van der Waals surface area contributed by atoms with Crippen molar-refractivity contribution in [2.75, 3.05) is 13.2 Å². The molecule has 0 heterocycles. The van der Waals surface area contributed by atoms with Gasteiger partial charge < -0.3 is 5.32 Å². The molecule has 1 aliphatic carbocycles. The van der Waals surface area contributed by atoms with Crippen LogP contribution in [0.4, 0.5) is 0 Å². The first-order valence-electron chi connectivity index (χ1n) is 6.01. The topological polar surface area (TPSA) is 50.4 Å². The Morgan fingerprint density at radius 1 is 1.38 bits per heavy atom. The van der Waals surface area contributed by atoms with E-state index in [1.54, 1.807) is 0 Å². The molecule has 0 aliphatic heterocycles. The predicted octanol–water partition coefficient (Wildman–Crippen LogP) is 1.74. The van der Waals surface area contributed by atoms with Gasteiger partial charge in [-0.3, -0.25) is 15.1 Å². The summed E-state index contributed by atoms with van der Waals surface area (Å²) >= 11 is 0. The van der Waals surface area contributed by atoms with E-state index in [1.807, 2.05) is 6.92 Å². The molecule has 0 aromatic carbocycles. The molecule has 0 atom stereocenters. The van der Waals surface area contributed by atoms with E-state index in [0.717, 1.165) is 18.5 Å². The number of amides is 1. The molecule has 92 valence electrons. The van der Waals surface area contributed by atoms with Crippen LogP contribution >= 0.6 is 0 Å². The predicted molar refractivity (Wildman–Crippen MR) is 63.5 cm³/mol. The average molecular weight is 226 g/mol. The summed E-state index contributed by atoms with van der Waals surface area (Å²) in [6.07, 6.45) is 5.72. The molecule has 4 nitrogen and oxygen atoms in total. The Morgan fingerprint density at radius 3 is 2.69 bits per heavy atom. The van der Waals surface area contributed by atoms with E-state index in [9.17, 15) is 4.79 Å². The summed E-state index contributed by atoms with van der Waals surface area (Å²) in [6.45, 7) is 6.47. The molecule has 0 spiro atoms. The summed E-state index contributed by atoms with van der Waals surface area (Å²) < 4.78 is 0. The second-order valence-electron chi connectivity index (χ2n) is 4.36. The minimum atomic E-state index is 0.179. The van der Waals surface area contributed by atoms with Crippen LogP contribution in [-0.4, -0.2) is 19.1 Å². The third kappa shape index (κ3) is 5.16. The van der Waals surface area contributed by atoms with Crippen LogP contribution in [0.15, 0.2) is 12.3 Å². The Balaban J connectivity index is 2.03. The van der Waals surface area contributed by atoms with Crippen LogP contribution in [0.2, 0.25) is 0 Å². The van der Waals surface area contributed by atoms with Crippen molar-refractivity contribution < 1.29 is 9.63 Å². The van der Waals surface area contributed by atoms with Crippen molar-refractivity contribution in [2.24, 2.45) is 5.92 Å². The fourth-order valence-electron chi connectivity index (χ4n) is 1.91. The van der Waals surface area contributed by atoms with E-state index in [-0.39, 0.29) is 11.8 Å². The van der Waals surface area contributed by atoms with Crippen molar-refractivity contribution in [3.8, 4) is 0 Å². The zero-order chi connectivity index (χ0) is 11.8. The van der Waals surface area contributed by atoms with Gasteiger partial charge in [-0.25, -0.2) is 0 Å². The van der Waals surface area contributed by atoms with Crippen LogP contribution in [-0.2, 0) is 9.63 Å². The second-order valence-corrected chi connectivity index (χ2v) is 4.36. The average Bonchev–Trinajstić information content (AvgIpc) is 2.29. The van der Waals surface area contributed by atoms with Crippen LogP contribution in [0.25, 0.3) is 0 Å². The molecule has 0 radical (unpaired) electrons. The Kier molecular flexibility index (Phi) is 5.93. The first-order valence-corrected chi connectivity index (χ1v) is 6.01. The molecule has 0 unspecified atom stereocenters. The molecular formula is C12H22N2O2. The lowest BCUT2D eigenvalue weighted by Crippen LogP contribution is -2.34. The van der Waals surface area contributed by atoms with Crippen molar-refractivity contribution in [3.05, 3.63) is 12.3 Å². The minimum Gasteiger partial charge on any atom is -0.353 e. The largest absolute Gasteiger partial charge is 0.353 e. The van der Waals surface area contributed by atoms with Crippen LogP contribution in [0.1, 0.15) is 39.0 Å². The van der Waals surface area contributed by atoms with Gasteiger partial charge in [-0.2, -0.15) is 0 Å². The lowest BCUT2D eigenvalue weighted by molar-refractivity contribution is -0.126. The summed E-state index contributed by atoms with van der Waals surface area (Å²) in [5.41, 5.74) is 3.42. The highest BCUT2D eigenvalue weighted by atomic mass is 16.6. The highest BCUT2D eigenvalue weighted by Gasteiger charge is 2.20. The van der Waals surface area contributed by atoms with E-state index in [2.05, 4.69) is 17.4 Å². The Labute approximate surface area is 97.4 Å². The Bertz CT molecular complexity index is 235. The van der Waals surface area contributed by atoms with Crippen molar-refractivity contribution in [2.45, 2.75) is 39.0 Å². The summed E-state index contributed by atoms with van der Waals surface area (Å²) in [4.78, 5) is 16.8. The van der Waals surface area contributed by atoms with Gasteiger partial charge in [0, 0.05) is 18.2 Å². The second kappa shape index (κ2) is 7.28. The summed E-state index contributed by atoms with van der Waals surface area (Å²) in [5.74, 6) is 0.404. The molecule has 2 N–H and O–H groups in total. The van der Waals surface area contributed by atoms with Crippen LogP contribution in [0, 0.1) is 5.92 Å². The van der Waals surface area contributed by atoms with Crippen molar-refractivity contribution in [3.63, 3.8) is 0 Å². The molecule has 0 saturated heterocycles. The summed E-state index contributed by atoms with van der Waals surface area (Å²) in [5, 5.41) is 2.89. The first kappa shape index (κ1) is 13.0. The van der Waals surface area contributed by atoms with Gasteiger partial charge in [-0.15, -0.1) is 0 Å². The molecular weight excluding hydrogens is 204 g/mol. The third-order valence-corrected chi connectivity index (χ3v) is 2.73. The van der Waals surface area contributed by atoms with Gasteiger partial charge in [0.25, 0.3) is 0 Å². The minimum absolute atomic E-state index is 0.179. The molecule has 1 rings (SSSR count). The van der Waals surface area contributed by atoms with Gasteiger partial charge in [0.1, 0.15) is 0 Å². The quantitative estimate of drug-likeness (QED) is 0.536. The maximum Gasteiger partial charge on any atom is 0.223 e. The SMILES string of the molecule is C=C(C)NOCCNC(=O)C1CCCCC1. The Hall–Kier alpha value is -1.03. The molecule has 0 bridgehead atoms. The molecule has 0 aromatic heterocycles. The van der Waals surface area contributed by atoms with Crippen LogP contribution in [0.5, 0.6) is 0 Å². The van der Waals surface area contributed by atoms with Crippen LogP contribution < -0.4 is 10.8 Å². The summed E-state index contributed by atoms with van der Waals surface area (Å²) in [6, 6.07) is 0. The van der Waals surface area contributed by atoms with Gasteiger partial charge >= 0.3 is 0 Å². The van der Waals surface area contributed by atoms with Crippen molar-refractivity contribution in [1.29, 1.82) is 0 Å². The third-order valence-electron chi connectivity index (χ3n) is 2.73. The number of nitrogens with one attached hydrogen (secondary N) is 2. The van der Waals surface area contributed by atoms with E-state index < -0.39 is 0 Å². The molecule has 1 saturated carbocycles. The lowest BCUT2D eigenvalue weighted by Gasteiger charge is -2.20. The van der Waals surface area contributed by atoms with Gasteiger partial charge in [0.05, 0.1) is 6.61 Å². The number of carbonyl (C=O) groups is 1. The lowest BCUT2D eigenvalue weighted by atomic mass is 9.89. The maximum absolute atomic E-state index is 11.7. The molecule has 0 aromatic rings. The van der Waals surface area contributed by atoms with Gasteiger partial charge in [-0.1, -0.05) is 25.8 Å².